The number of ether oxygens (including phenoxy) is 1. The molecule has 0 aromatic heterocycles. The van der Waals surface area contributed by atoms with Crippen LogP contribution < -0.4 is 10.2 Å². The number of aliphatic hydroxyl groups excluding tert-OH is 2. The van der Waals surface area contributed by atoms with Gasteiger partial charge in [-0.3, -0.25) is 13.9 Å². The molecule has 1 heterocycles. The zero-order chi connectivity index (χ0) is 53.0. The molecule has 1 saturated heterocycles. The number of carbonyl (C=O) groups is 1. The second-order valence-electron chi connectivity index (χ2n) is 20.6. The summed E-state index contributed by atoms with van der Waals surface area (Å²) in [6, 6.07) is -0.880. The van der Waals surface area contributed by atoms with Gasteiger partial charge in [-0.2, -0.15) is 0 Å². The van der Waals surface area contributed by atoms with E-state index in [1.54, 1.807) is 6.08 Å². The highest BCUT2D eigenvalue weighted by Gasteiger charge is 2.40. The second kappa shape index (κ2) is 39.1. The summed E-state index contributed by atoms with van der Waals surface area (Å²) in [6.07, 6.45) is 42.9. The van der Waals surface area contributed by atoms with Gasteiger partial charge >= 0.3 is 0 Å². The molecule has 1 unspecified atom stereocenters. The fraction of sp³-hybridized carbons (Fsp3) is 0.623. The quantitative estimate of drug-likeness (QED) is 0.0318. The van der Waals surface area contributed by atoms with Gasteiger partial charge in [-0.05, 0) is 212 Å². The van der Waals surface area contributed by atoms with Crippen molar-refractivity contribution in [3.05, 3.63) is 128 Å². The van der Waals surface area contributed by atoms with Crippen LogP contribution in [0.2, 0.25) is 0 Å². The van der Waals surface area contributed by atoms with E-state index >= 15 is 0 Å². The first-order valence-corrected chi connectivity index (χ1v) is 28.2. The molecule has 1 aliphatic rings. The Labute approximate surface area is 433 Å². The van der Waals surface area contributed by atoms with Crippen molar-refractivity contribution in [2.45, 2.75) is 236 Å². The minimum Gasteiger partial charge on any atom is -0.756 e. The molecule has 9 nitrogen and oxygen atoms in total. The Morgan fingerprint density at radius 3 is 1.01 bits per heavy atom. The molecule has 5 atom stereocenters. The monoisotopic (exact) mass is 1000 g/mol. The van der Waals surface area contributed by atoms with Crippen LogP contribution in [0.15, 0.2) is 128 Å². The smallest absolute Gasteiger partial charge is 0.270 e. The van der Waals surface area contributed by atoms with Gasteiger partial charge in [0.25, 0.3) is 7.82 Å². The Bertz CT molecular complexity index is 1950. The van der Waals surface area contributed by atoms with E-state index in [1.807, 2.05) is 6.92 Å². The molecule has 402 valence electrons. The largest absolute Gasteiger partial charge is 0.756 e. The lowest BCUT2D eigenvalue weighted by molar-refractivity contribution is -0.273. The Morgan fingerprint density at radius 2 is 0.746 bits per heavy atom. The number of rotatable bonds is 37. The fourth-order valence-corrected chi connectivity index (χ4v) is 8.83. The molecule has 1 amide bonds. The highest BCUT2D eigenvalue weighted by atomic mass is 31.2. The van der Waals surface area contributed by atoms with E-state index in [0.29, 0.717) is 6.41 Å². The van der Waals surface area contributed by atoms with Crippen LogP contribution in [-0.2, 0) is 23.1 Å². The van der Waals surface area contributed by atoms with Gasteiger partial charge in [0.2, 0.25) is 6.41 Å². The number of nitrogens with one attached hydrogen (secondary N) is 1. The van der Waals surface area contributed by atoms with Gasteiger partial charge in [-0.1, -0.05) is 128 Å². The number of hydrogen-bond donors (Lipinski definition) is 3. The van der Waals surface area contributed by atoms with Crippen LogP contribution in [0.5, 0.6) is 0 Å². The Hall–Kier alpha value is -3.40. The molecular weight excluding hydrogens is 906 g/mol. The van der Waals surface area contributed by atoms with Crippen LogP contribution in [0, 0.1) is 0 Å². The summed E-state index contributed by atoms with van der Waals surface area (Å²) >= 11 is 0. The summed E-state index contributed by atoms with van der Waals surface area (Å²) in [7, 11) is -4.83. The van der Waals surface area contributed by atoms with Crippen molar-refractivity contribution in [2.24, 2.45) is 0 Å². The molecule has 0 saturated carbocycles. The lowest BCUT2D eigenvalue weighted by atomic mass is 10.0. The van der Waals surface area contributed by atoms with Crippen molar-refractivity contribution in [1.82, 2.24) is 5.32 Å². The maximum atomic E-state index is 12.3. The highest BCUT2D eigenvalue weighted by Crippen LogP contribution is 2.41. The van der Waals surface area contributed by atoms with Gasteiger partial charge in [0.05, 0.1) is 19.3 Å². The number of amides is 1. The van der Waals surface area contributed by atoms with Crippen LogP contribution >= 0.6 is 7.82 Å². The van der Waals surface area contributed by atoms with E-state index in [4.69, 9.17) is 13.8 Å². The molecular formula is C61H99NO8P-. The summed E-state index contributed by atoms with van der Waals surface area (Å²) in [5.74, 6) is 0. The van der Waals surface area contributed by atoms with Crippen molar-refractivity contribution in [2.75, 3.05) is 13.2 Å². The van der Waals surface area contributed by atoms with E-state index < -0.39 is 32.4 Å². The number of phosphoric acid groups is 1. The van der Waals surface area contributed by atoms with Crippen LogP contribution in [0.1, 0.15) is 212 Å². The van der Waals surface area contributed by atoms with Crippen LogP contribution in [0.3, 0.4) is 0 Å². The van der Waals surface area contributed by atoms with Crippen LogP contribution in [0.25, 0.3) is 0 Å². The molecule has 10 heteroatoms. The van der Waals surface area contributed by atoms with Gasteiger partial charge in [0.1, 0.15) is 12.2 Å². The Morgan fingerprint density at radius 1 is 0.479 bits per heavy atom. The molecule has 0 bridgehead atoms. The van der Waals surface area contributed by atoms with E-state index in [-0.39, 0.29) is 13.2 Å². The molecule has 71 heavy (non-hydrogen) atoms. The Balaban J connectivity index is 2.25. The SMILES string of the molecule is CC(C)=CCC/C(C)=C/CC/C(C)=C/CC/C(C)=C\CC/C(C)=C\CC/C(C)=C\CC/C(C)=C\CC/C(C)=C\CC/C(C)=C\CC/C(C)=C\CC/C(C)=C\COP(=O)([O-])O[C@@H]1OC[C@H](NC=O)[C@H](O)[C@H]1O. The van der Waals surface area contributed by atoms with E-state index in [2.05, 4.69) is 142 Å². The average molecular weight is 1010 g/mol. The predicted molar refractivity (Wildman–Crippen MR) is 299 cm³/mol. The summed E-state index contributed by atoms with van der Waals surface area (Å²) in [5, 5.41) is 22.5. The first-order valence-electron chi connectivity index (χ1n) is 26.7. The first-order chi connectivity index (χ1) is 33.7. The van der Waals surface area contributed by atoms with Gasteiger partial charge in [0, 0.05) is 0 Å². The van der Waals surface area contributed by atoms with Crippen LogP contribution in [-0.4, -0.2) is 54.4 Å². The summed E-state index contributed by atoms with van der Waals surface area (Å²) in [4.78, 5) is 22.9. The second-order valence-corrected chi connectivity index (χ2v) is 22.0. The number of carbonyl (C=O) groups excluding carboxylic acids is 1. The minimum atomic E-state index is -4.83. The van der Waals surface area contributed by atoms with Gasteiger partial charge < -0.3 is 29.7 Å². The maximum absolute atomic E-state index is 12.3. The first kappa shape index (κ1) is 65.6. The third-order valence-electron chi connectivity index (χ3n) is 13.0. The van der Waals surface area contributed by atoms with Crippen LogP contribution in [0.4, 0.5) is 0 Å². The van der Waals surface area contributed by atoms with Crippen molar-refractivity contribution < 1.29 is 38.3 Å². The fourth-order valence-electron chi connectivity index (χ4n) is 8.08. The number of allylic oxidation sites excluding steroid dienone is 21. The molecule has 0 radical (unpaired) electrons. The van der Waals surface area contributed by atoms with E-state index in [9.17, 15) is 24.5 Å². The molecule has 1 aliphatic heterocycles. The minimum absolute atomic E-state index is 0.224. The Kier molecular flexibility index (Phi) is 36.1. The third kappa shape index (κ3) is 35.4. The molecule has 1 rings (SSSR count). The summed E-state index contributed by atoms with van der Waals surface area (Å²) in [5.41, 5.74) is 15.6. The normalized spacial score (nSPS) is 20.6. The number of hydrogen-bond acceptors (Lipinski definition) is 8. The summed E-state index contributed by atoms with van der Waals surface area (Å²) in [6.45, 7) is 26.1. The van der Waals surface area contributed by atoms with Crippen molar-refractivity contribution in [1.29, 1.82) is 0 Å². The van der Waals surface area contributed by atoms with Crippen molar-refractivity contribution in [3.8, 4) is 0 Å². The molecule has 0 aromatic rings. The zero-order valence-electron chi connectivity index (χ0n) is 46.6. The van der Waals surface area contributed by atoms with Gasteiger partial charge in [-0.25, -0.2) is 0 Å². The third-order valence-corrected chi connectivity index (χ3v) is 14.0. The predicted octanol–water partition coefficient (Wildman–Crippen LogP) is 15.9. The maximum Gasteiger partial charge on any atom is 0.270 e. The lowest BCUT2D eigenvalue weighted by Crippen LogP contribution is -2.58. The summed E-state index contributed by atoms with van der Waals surface area (Å²) < 4.78 is 27.2. The lowest BCUT2D eigenvalue weighted by Gasteiger charge is -2.38. The van der Waals surface area contributed by atoms with Gasteiger partial charge in [-0.15, -0.1) is 0 Å². The number of phosphoric ester groups is 1. The highest BCUT2D eigenvalue weighted by molar-refractivity contribution is 7.45. The number of aliphatic hydroxyl groups is 2. The molecule has 0 aliphatic carbocycles. The van der Waals surface area contributed by atoms with E-state index in [1.165, 1.54) is 68.6 Å². The molecule has 1 fully saturated rings. The van der Waals surface area contributed by atoms with Crippen molar-refractivity contribution in [3.63, 3.8) is 0 Å². The zero-order valence-corrected chi connectivity index (χ0v) is 47.5. The van der Waals surface area contributed by atoms with Gasteiger partial charge in [0.15, 0.2) is 6.29 Å². The molecule has 3 N–H and O–H groups in total. The average Bonchev–Trinajstić information content (AvgIpc) is 3.28. The topological polar surface area (TPSA) is 137 Å². The van der Waals surface area contributed by atoms with E-state index in [0.717, 1.165) is 121 Å². The molecule has 0 spiro atoms. The van der Waals surface area contributed by atoms with Crippen molar-refractivity contribution >= 4 is 14.2 Å². The standard InChI is InChI=1S/C61H100NO8P/c1-47(2)23-13-24-48(3)25-14-26-49(4)27-15-28-50(5)29-16-30-51(6)31-17-32-52(7)33-18-34-53(8)35-19-36-54(9)37-20-38-55(10)39-21-40-56(11)41-22-42-57(12)43-44-69-71(66,67)70-61-60(65)59(64)58(45-68-61)62-46-63/h23,25,27,29,31,33,35,37,39,41,43,46,58-61,64-65H,13-22,24,26,28,30,32,34,36,38,40,42,44-45H2,1-12H3,(H,62,63)(H,66,67)/p-1/b48-25+,49-27+,50-29-,51-31-,52-33-,53-35-,54-37-,55-39-,56-41-,57-43-/t58-,59-,60+,61-/m0/s1. The molecule has 0 aromatic carbocycles.